The third-order valence-corrected chi connectivity index (χ3v) is 4.73. The molecule has 132 valence electrons. The number of anilines is 1. The number of benzene rings is 2. The van der Waals surface area contributed by atoms with Gasteiger partial charge in [0.1, 0.15) is 23.2 Å². The molecule has 0 atom stereocenters. The van der Waals surface area contributed by atoms with Gasteiger partial charge < -0.3 is 19.3 Å². The Hall–Kier alpha value is -3.28. The van der Waals surface area contributed by atoms with Crippen molar-refractivity contribution in [3.63, 3.8) is 0 Å². The van der Waals surface area contributed by atoms with Gasteiger partial charge in [-0.1, -0.05) is 12.1 Å². The van der Waals surface area contributed by atoms with Crippen LogP contribution in [0.2, 0.25) is 0 Å². The number of aryl methyl sites for hydroxylation is 2. The van der Waals surface area contributed by atoms with Crippen molar-refractivity contribution >= 4 is 28.1 Å². The summed E-state index contributed by atoms with van der Waals surface area (Å²) < 4.78 is 7.19. The number of aliphatic hydroxyl groups is 1. The fraction of sp³-hybridized carbons (Fsp3) is 0.200. The van der Waals surface area contributed by atoms with Crippen LogP contribution in [0.25, 0.3) is 16.6 Å². The SMILES string of the molecule is COc1cccc(N2CC(O)=C(c3nc4cc(C)ccc4n3C)C2=N)c1. The number of hydrogen-bond donors (Lipinski definition) is 2. The third kappa shape index (κ3) is 2.42. The number of aliphatic hydroxyl groups excluding tert-OH is 1. The second-order valence-corrected chi connectivity index (χ2v) is 6.44. The zero-order valence-corrected chi connectivity index (χ0v) is 14.9. The summed E-state index contributed by atoms with van der Waals surface area (Å²) in [5.74, 6) is 1.68. The van der Waals surface area contributed by atoms with E-state index < -0.39 is 0 Å². The molecule has 0 saturated heterocycles. The molecule has 0 bridgehead atoms. The molecule has 2 heterocycles. The monoisotopic (exact) mass is 348 g/mol. The summed E-state index contributed by atoms with van der Waals surface area (Å²) in [6.07, 6.45) is 0. The van der Waals surface area contributed by atoms with Gasteiger partial charge in [-0.3, -0.25) is 5.41 Å². The van der Waals surface area contributed by atoms with E-state index in [1.54, 1.807) is 12.0 Å². The fourth-order valence-electron chi connectivity index (χ4n) is 3.35. The molecule has 3 aromatic rings. The van der Waals surface area contributed by atoms with Crippen molar-refractivity contribution in [2.75, 3.05) is 18.6 Å². The van der Waals surface area contributed by atoms with E-state index in [1.807, 2.05) is 61.0 Å². The molecule has 0 unspecified atom stereocenters. The first-order valence-corrected chi connectivity index (χ1v) is 8.35. The number of ether oxygens (including phenoxy) is 1. The van der Waals surface area contributed by atoms with Crippen LogP contribution in [0.3, 0.4) is 0 Å². The predicted octanol–water partition coefficient (Wildman–Crippen LogP) is 3.66. The lowest BCUT2D eigenvalue weighted by Gasteiger charge is -2.19. The van der Waals surface area contributed by atoms with E-state index >= 15 is 0 Å². The maximum atomic E-state index is 10.6. The predicted molar refractivity (Wildman–Crippen MR) is 103 cm³/mol. The van der Waals surface area contributed by atoms with Crippen molar-refractivity contribution in [2.45, 2.75) is 6.92 Å². The van der Waals surface area contributed by atoms with E-state index in [9.17, 15) is 5.11 Å². The first-order chi connectivity index (χ1) is 12.5. The number of rotatable bonds is 3. The van der Waals surface area contributed by atoms with E-state index in [0.29, 0.717) is 17.1 Å². The van der Waals surface area contributed by atoms with Gasteiger partial charge in [0.15, 0.2) is 0 Å². The van der Waals surface area contributed by atoms with Gasteiger partial charge in [0, 0.05) is 18.8 Å². The van der Waals surface area contributed by atoms with Crippen LogP contribution in [0.5, 0.6) is 5.75 Å². The summed E-state index contributed by atoms with van der Waals surface area (Å²) in [5, 5.41) is 19.2. The van der Waals surface area contributed by atoms with Gasteiger partial charge in [0.2, 0.25) is 0 Å². The van der Waals surface area contributed by atoms with E-state index in [-0.39, 0.29) is 18.1 Å². The molecule has 6 nitrogen and oxygen atoms in total. The van der Waals surface area contributed by atoms with Gasteiger partial charge in [0.05, 0.1) is 30.3 Å². The van der Waals surface area contributed by atoms with Crippen LogP contribution in [0, 0.1) is 12.3 Å². The van der Waals surface area contributed by atoms with Crippen LogP contribution in [0.4, 0.5) is 5.69 Å². The Bertz CT molecular complexity index is 1060. The Morgan fingerprint density at radius 1 is 1.19 bits per heavy atom. The highest BCUT2D eigenvalue weighted by molar-refractivity contribution is 6.30. The zero-order valence-electron chi connectivity index (χ0n) is 14.9. The average Bonchev–Trinajstić information content (AvgIpc) is 3.10. The van der Waals surface area contributed by atoms with E-state index in [2.05, 4.69) is 4.98 Å². The topological polar surface area (TPSA) is 74.4 Å². The van der Waals surface area contributed by atoms with E-state index in [1.165, 1.54) is 0 Å². The second kappa shape index (κ2) is 5.91. The minimum Gasteiger partial charge on any atom is -0.509 e. The molecule has 0 amide bonds. The minimum atomic E-state index is 0.146. The molecule has 0 radical (unpaired) electrons. The highest BCUT2D eigenvalue weighted by Gasteiger charge is 2.32. The van der Waals surface area contributed by atoms with Crippen molar-refractivity contribution < 1.29 is 9.84 Å². The standard InChI is InChI=1S/C20H20N4O2/c1-12-7-8-16-15(9-12)22-20(23(16)2)18-17(25)11-24(19(18)21)13-5-4-6-14(10-13)26-3/h4-10,21,25H,11H2,1-3H3. The highest BCUT2D eigenvalue weighted by atomic mass is 16.5. The molecule has 4 rings (SSSR count). The van der Waals surface area contributed by atoms with Crippen molar-refractivity contribution in [3.8, 4) is 5.75 Å². The summed E-state index contributed by atoms with van der Waals surface area (Å²) in [4.78, 5) is 6.42. The summed E-state index contributed by atoms with van der Waals surface area (Å²) in [7, 11) is 3.51. The molecule has 0 aliphatic carbocycles. The largest absolute Gasteiger partial charge is 0.509 e. The molecular weight excluding hydrogens is 328 g/mol. The molecular formula is C20H20N4O2. The Kier molecular flexibility index (Phi) is 3.68. The molecule has 26 heavy (non-hydrogen) atoms. The second-order valence-electron chi connectivity index (χ2n) is 6.44. The van der Waals surface area contributed by atoms with Crippen LogP contribution >= 0.6 is 0 Å². The summed E-state index contributed by atoms with van der Waals surface area (Å²) in [5.41, 5.74) is 4.21. The van der Waals surface area contributed by atoms with Crippen molar-refractivity contribution in [1.82, 2.24) is 9.55 Å². The highest BCUT2D eigenvalue weighted by Crippen LogP contribution is 2.33. The quantitative estimate of drug-likeness (QED) is 0.757. The maximum Gasteiger partial charge on any atom is 0.148 e. The van der Waals surface area contributed by atoms with Crippen LogP contribution in [0.15, 0.2) is 48.2 Å². The van der Waals surface area contributed by atoms with Crippen molar-refractivity contribution in [3.05, 3.63) is 59.6 Å². The van der Waals surface area contributed by atoms with Crippen molar-refractivity contribution in [2.24, 2.45) is 7.05 Å². The molecule has 0 spiro atoms. The van der Waals surface area contributed by atoms with Gasteiger partial charge >= 0.3 is 0 Å². The van der Waals surface area contributed by atoms with Crippen LogP contribution in [0.1, 0.15) is 11.4 Å². The fourth-order valence-corrected chi connectivity index (χ4v) is 3.35. The summed E-state index contributed by atoms with van der Waals surface area (Å²) in [6, 6.07) is 13.5. The molecule has 1 aliphatic rings. The summed E-state index contributed by atoms with van der Waals surface area (Å²) in [6.45, 7) is 2.26. The van der Waals surface area contributed by atoms with Crippen LogP contribution in [-0.4, -0.2) is 34.1 Å². The van der Waals surface area contributed by atoms with E-state index in [4.69, 9.17) is 10.1 Å². The lowest BCUT2D eigenvalue weighted by atomic mass is 10.2. The number of amidine groups is 1. The first kappa shape index (κ1) is 16.2. The molecule has 0 fully saturated rings. The molecule has 6 heteroatoms. The van der Waals surface area contributed by atoms with Gasteiger partial charge in [-0.2, -0.15) is 0 Å². The first-order valence-electron chi connectivity index (χ1n) is 8.35. The lowest BCUT2D eigenvalue weighted by molar-refractivity contribution is 0.410. The molecule has 2 aromatic carbocycles. The Morgan fingerprint density at radius 3 is 2.77 bits per heavy atom. The molecule has 1 aromatic heterocycles. The number of nitrogens with zero attached hydrogens (tertiary/aromatic N) is 3. The van der Waals surface area contributed by atoms with Crippen LogP contribution in [-0.2, 0) is 7.05 Å². The molecule has 0 saturated carbocycles. The Balaban J connectivity index is 1.77. The zero-order chi connectivity index (χ0) is 18.4. The number of nitrogens with one attached hydrogen (secondary N) is 1. The maximum absolute atomic E-state index is 10.6. The number of aromatic nitrogens is 2. The smallest absolute Gasteiger partial charge is 0.148 e. The number of hydrogen-bond acceptors (Lipinski definition) is 4. The number of fused-ring (bicyclic) bond motifs is 1. The number of methoxy groups -OCH3 is 1. The lowest BCUT2D eigenvalue weighted by Crippen LogP contribution is -2.26. The van der Waals surface area contributed by atoms with Gasteiger partial charge in [0.25, 0.3) is 0 Å². The van der Waals surface area contributed by atoms with Crippen molar-refractivity contribution in [1.29, 1.82) is 5.41 Å². The van der Waals surface area contributed by atoms with Gasteiger partial charge in [-0.25, -0.2) is 4.98 Å². The average molecular weight is 348 g/mol. The number of imidazole rings is 1. The van der Waals surface area contributed by atoms with E-state index in [0.717, 1.165) is 22.3 Å². The van der Waals surface area contributed by atoms with Gasteiger partial charge in [-0.05, 0) is 36.8 Å². The summed E-state index contributed by atoms with van der Waals surface area (Å²) >= 11 is 0. The molecule has 2 N–H and O–H groups in total. The third-order valence-electron chi connectivity index (χ3n) is 4.73. The van der Waals surface area contributed by atoms with Gasteiger partial charge in [-0.15, -0.1) is 0 Å². The minimum absolute atomic E-state index is 0.146. The van der Waals surface area contributed by atoms with Crippen LogP contribution < -0.4 is 9.64 Å². The Labute approximate surface area is 151 Å². The normalized spacial score (nSPS) is 14.6. The molecule has 1 aliphatic heterocycles. The Morgan fingerprint density at radius 2 is 2.00 bits per heavy atom.